The number of hydrogen-bond acceptors (Lipinski definition) is 3. The number of carbonyl (C=O) groups is 1. The molecule has 1 unspecified atom stereocenters. The van der Waals surface area contributed by atoms with E-state index < -0.39 is 0 Å². The van der Waals surface area contributed by atoms with Gasteiger partial charge in [-0.1, -0.05) is 36.4 Å². The van der Waals surface area contributed by atoms with Gasteiger partial charge in [0.2, 0.25) is 0 Å². The van der Waals surface area contributed by atoms with Crippen molar-refractivity contribution in [2.45, 2.75) is 45.0 Å². The predicted molar refractivity (Wildman–Crippen MR) is 105 cm³/mol. The maximum Gasteiger partial charge on any atom is 0.322 e. The quantitative estimate of drug-likeness (QED) is 0.850. The molecule has 4 rings (SSSR count). The minimum Gasteiger partial charge on any atom is -0.486 e. The first-order chi connectivity index (χ1) is 12.9. The highest BCUT2D eigenvalue weighted by molar-refractivity contribution is 5.91. The van der Waals surface area contributed by atoms with Crippen molar-refractivity contribution in [3.63, 3.8) is 0 Å². The monoisotopic (exact) mass is 366 g/mol. The number of nitrogens with one attached hydrogen (secondary N) is 1. The number of para-hydroxylation sites is 2. The third kappa shape index (κ3) is 3.52. The molecule has 1 saturated heterocycles. The van der Waals surface area contributed by atoms with Gasteiger partial charge in [0.05, 0.1) is 18.8 Å². The van der Waals surface area contributed by atoms with Crippen LogP contribution in [0.4, 0.5) is 10.5 Å². The van der Waals surface area contributed by atoms with Crippen LogP contribution in [0.25, 0.3) is 0 Å². The van der Waals surface area contributed by atoms with Crippen LogP contribution in [-0.4, -0.2) is 29.6 Å². The summed E-state index contributed by atoms with van der Waals surface area (Å²) in [6.07, 6.45) is 0.817. The van der Waals surface area contributed by atoms with E-state index in [-0.39, 0.29) is 17.2 Å². The van der Waals surface area contributed by atoms with Gasteiger partial charge < -0.3 is 19.7 Å². The van der Waals surface area contributed by atoms with Crippen molar-refractivity contribution in [1.82, 2.24) is 4.90 Å². The molecular formula is C22H26N2O3. The van der Waals surface area contributed by atoms with E-state index in [1.807, 2.05) is 62.1 Å². The molecule has 142 valence electrons. The molecule has 0 saturated carbocycles. The van der Waals surface area contributed by atoms with Crippen molar-refractivity contribution < 1.29 is 14.3 Å². The number of amides is 2. The SMILES string of the molecule is CC(C)(C)Oc1ccccc1NC(=O)N1CCC2(C1)OCc1ccccc12. The number of urea groups is 1. The number of likely N-dealkylation sites (tertiary alicyclic amines) is 1. The number of ether oxygens (including phenoxy) is 2. The van der Waals surface area contributed by atoms with E-state index in [1.165, 1.54) is 11.1 Å². The van der Waals surface area contributed by atoms with Gasteiger partial charge in [-0.3, -0.25) is 0 Å². The molecule has 2 aromatic rings. The molecular weight excluding hydrogens is 340 g/mol. The van der Waals surface area contributed by atoms with Gasteiger partial charge in [0, 0.05) is 13.0 Å². The van der Waals surface area contributed by atoms with Gasteiger partial charge in [-0.05, 0) is 44.0 Å². The molecule has 2 amide bonds. The van der Waals surface area contributed by atoms with Crippen LogP contribution < -0.4 is 10.1 Å². The largest absolute Gasteiger partial charge is 0.486 e. The number of anilines is 1. The Kier molecular flexibility index (Phi) is 4.35. The first-order valence-electron chi connectivity index (χ1n) is 9.43. The third-order valence-electron chi connectivity index (χ3n) is 5.08. The molecule has 27 heavy (non-hydrogen) atoms. The molecule has 1 N–H and O–H groups in total. The lowest BCUT2D eigenvalue weighted by molar-refractivity contribution is -0.0269. The summed E-state index contributed by atoms with van der Waals surface area (Å²) in [5, 5.41) is 3.01. The summed E-state index contributed by atoms with van der Waals surface area (Å²) in [5.41, 5.74) is 2.43. The number of rotatable bonds is 2. The number of carbonyl (C=O) groups excluding carboxylic acids is 1. The second kappa shape index (κ2) is 6.57. The Hall–Kier alpha value is -2.53. The van der Waals surface area contributed by atoms with Gasteiger partial charge in [0.1, 0.15) is 17.0 Å². The van der Waals surface area contributed by atoms with Crippen LogP contribution in [0.15, 0.2) is 48.5 Å². The smallest absolute Gasteiger partial charge is 0.322 e. The Morgan fingerprint density at radius 1 is 1.15 bits per heavy atom. The van der Waals surface area contributed by atoms with Gasteiger partial charge >= 0.3 is 6.03 Å². The fraction of sp³-hybridized carbons (Fsp3) is 0.409. The standard InChI is InChI=1S/C22H26N2O3/c1-21(2,3)27-19-11-7-6-10-18(19)23-20(25)24-13-12-22(15-24)17-9-5-4-8-16(17)14-26-22/h4-11H,12-15H2,1-3H3,(H,23,25). The summed E-state index contributed by atoms with van der Waals surface area (Å²) in [6.45, 7) is 7.83. The lowest BCUT2D eigenvalue weighted by Gasteiger charge is -2.26. The molecule has 0 radical (unpaired) electrons. The summed E-state index contributed by atoms with van der Waals surface area (Å²) in [5.74, 6) is 0.676. The second-order valence-corrected chi connectivity index (χ2v) is 8.25. The highest BCUT2D eigenvalue weighted by atomic mass is 16.5. The topological polar surface area (TPSA) is 50.8 Å². The molecule has 5 nitrogen and oxygen atoms in total. The lowest BCUT2D eigenvalue weighted by Crippen LogP contribution is -2.37. The third-order valence-corrected chi connectivity index (χ3v) is 5.08. The van der Waals surface area contributed by atoms with E-state index in [9.17, 15) is 4.79 Å². The zero-order valence-corrected chi connectivity index (χ0v) is 16.1. The van der Waals surface area contributed by atoms with Crippen molar-refractivity contribution in [1.29, 1.82) is 0 Å². The number of nitrogens with zero attached hydrogens (tertiary/aromatic N) is 1. The van der Waals surface area contributed by atoms with Crippen LogP contribution in [0.2, 0.25) is 0 Å². The van der Waals surface area contributed by atoms with Gasteiger partial charge in [0.25, 0.3) is 0 Å². The fourth-order valence-electron chi connectivity index (χ4n) is 3.86. The normalized spacial score (nSPS) is 21.4. The van der Waals surface area contributed by atoms with Gasteiger partial charge in [0.15, 0.2) is 0 Å². The van der Waals surface area contributed by atoms with Crippen LogP contribution in [0.3, 0.4) is 0 Å². The van der Waals surface area contributed by atoms with Crippen molar-refractivity contribution in [2.75, 3.05) is 18.4 Å². The Morgan fingerprint density at radius 2 is 1.89 bits per heavy atom. The summed E-state index contributed by atoms with van der Waals surface area (Å²) in [6, 6.07) is 15.7. The first kappa shape index (κ1) is 17.9. The van der Waals surface area contributed by atoms with E-state index in [0.717, 1.165) is 6.42 Å². The molecule has 2 aliphatic heterocycles. The van der Waals surface area contributed by atoms with E-state index >= 15 is 0 Å². The molecule has 0 bridgehead atoms. The van der Waals surface area contributed by atoms with Crippen molar-refractivity contribution >= 4 is 11.7 Å². The maximum atomic E-state index is 12.9. The molecule has 2 aromatic carbocycles. The molecule has 2 heterocycles. The van der Waals surface area contributed by atoms with Crippen LogP contribution in [-0.2, 0) is 16.9 Å². The minimum atomic E-state index is -0.366. The van der Waals surface area contributed by atoms with Crippen molar-refractivity contribution in [3.05, 3.63) is 59.7 Å². The predicted octanol–water partition coefficient (Wildman–Crippen LogP) is 4.53. The summed E-state index contributed by atoms with van der Waals surface area (Å²) in [7, 11) is 0. The van der Waals surface area contributed by atoms with Crippen molar-refractivity contribution in [3.8, 4) is 5.75 Å². The van der Waals surface area contributed by atoms with E-state index in [2.05, 4.69) is 17.4 Å². The Balaban J connectivity index is 1.48. The summed E-state index contributed by atoms with van der Waals surface area (Å²) >= 11 is 0. The summed E-state index contributed by atoms with van der Waals surface area (Å²) < 4.78 is 12.1. The van der Waals surface area contributed by atoms with E-state index in [0.29, 0.717) is 31.1 Å². The van der Waals surface area contributed by atoms with Gasteiger partial charge in [-0.2, -0.15) is 0 Å². The summed E-state index contributed by atoms with van der Waals surface area (Å²) in [4.78, 5) is 14.7. The van der Waals surface area contributed by atoms with Crippen molar-refractivity contribution in [2.24, 2.45) is 0 Å². The zero-order chi connectivity index (χ0) is 19.1. The lowest BCUT2D eigenvalue weighted by atomic mass is 9.92. The van der Waals surface area contributed by atoms with Gasteiger partial charge in [-0.15, -0.1) is 0 Å². The highest BCUT2D eigenvalue weighted by Crippen LogP contribution is 2.43. The molecule has 1 fully saturated rings. The Morgan fingerprint density at radius 3 is 2.70 bits per heavy atom. The number of fused-ring (bicyclic) bond motifs is 2. The molecule has 1 atom stereocenters. The molecule has 2 aliphatic rings. The fourth-order valence-corrected chi connectivity index (χ4v) is 3.86. The Labute approximate surface area is 160 Å². The maximum absolute atomic E-state index is 12.9. The van der Waals surface area contributed by atoms with Gasteiger partial charge in [-0.25, -0.2) is 4.79 Å². The van der Waals surface area contributed by atoms with Crippen LogP contribution in [0.1, 0.15) is 38.3 Å². The van der Waals surface area contributed by atoms with Crippen LogP contribution >= 0.6 is 0 Å². The molecule has 5 heteroatoms. The average molecular weight is 366 g/mol. The number of benzene rings is 2. The zero-order valence-electron chi connectivity index (χ0n) is 16.1. The minimum absolute atomic E-state index is 0.121. The molecule has 0 aromatic heterocycles. The molecule has 1 spiro atoms. The highest BCUT2D eigenvalue weighted by Gasteiger charge is 2.46. The van der Waals surface area contributed by atoms with Crippen LogP contribution in [0.5, 0.6) is 5.75 Å². The van der Waals surface area contributed by atoms with Crippen LogP contribution in [0, 0.1) is 0 Å². The van der Waals surface area contributed by atoms with E-state index in [1.54, 1.807) is 0 Å². The second-order valence-electron chi connectivity index (χ2n) is 8.25. The number of hydrogen-bond donors (Lipinski definition) is 1. The Bertz CT molecular complexity index is 859. The first-order valence-corrected chi connectivity index (χ1v) is 9.43. The average Bonchev–Trinajstić information content (AvgIpc) is 3.22. The molecule has 0 aliphatic carbocycles. The van der Waals surface area contributed by atoms with E-state index in [4.69, 9.17) is 9.47 Å².